The third kappa shape index (κ3) is 8.14. The molecule has 0 aromatic heterocycles. The van der Waals surface area contributed by atoms with Crippen molar-refractivity contribution < 1.29 is 38.0 Å². The fourth-order valence-corrected chi connectivity index (χ4v) is 3.12. The van der Waals surface area contributed by atoms with Gasteiger partial charge in [0.15, 0.2) is 23.0 Å². The van der Waals surface area contributed by atoms with Crippen molar-refractivity contribution in [3.63, 3.8) is 0 Å². The molecule has 0 saturated heterocycles. The van der Waals surface area contributed by atoms with Gasteiger partial charge in [-0.1, -0.05) is 24.3 Å². The fourth-order valence-electron chi connectivity index (χ4n) is 3.12. The monoisotopic (exact) mass is 460 g/mol. The van der Waals surface area contributed by atoms with Gasteiger partial charge in [0.2, 0.25) is 0 Å². The van der Waals surface area contributed by atoms with Crippen molar-refractivity contribution in [3.05, 3.63) is 48.5 Å². The van der Waals surface area contributed by atoms with Gasteiger partial charge in [-0.3, -0.25) is 4.79 Å². The normalized spacial score (nSPS) is 16.5. The maximum Gasteiger partial charge on any atom is 0.305 e. The van der Waals surface area contributed by atoms with Crippen LogP contribution in [-0.2, 0) is 19.0 Å². The second-order valence-electron chi connectivity index (χ2n) is 7.76. The molecule has 0 radical (unpaired) electrons. The summed E-state index contributed by atoms with van der Waals surface area (Å²) in [5, 5.41) is 0. The first-order chi connectivity index (χ1) is 16.1. The number of carbonyl (C=O) groups excluding carboxylic acids is 1. The van der Waals surface area contributed by atoms with Crippen molar-refractivity contribution in [1.82, 2.24) is 0 Å². The van der Waals surface area contributed by atoms with Crippen LogP contribution in [-0.4, -0.2) is 64.9 Å². The molecule has 2 aromatic carbocycles. The summed E-state index contributed by atoms with van der Waals surface area (Å²) >= 11 is 0. The molecule has 0 amide bonds. The Balaban J connectivity index is 1.74. The van der Waals surface area contributed by atoms with Gasteiger partial charge in [-0.2, -0.15) is 0 Å². The highest BCUT2D eigenvalue weighted by atomic mass is 16.6. The Morgan fingerprint density at radius 1 is 0.818 bits per heavy atom. The van der Waals surface area contributed by atoms with E-state index in [4.69, 9.17) is 33.2 Å². The summed E-state index contributed by atoms with van der Waals surface area (Å²) in [6, 6.07) is 14.9. The van der Waals surface area contributed by atoms with Crippen LogP contribution in [0.2, 0.25) is 0 Å². The molecular weight excluding hydrogens is 428 g/mol. The summed E-state index contributed by atoms with van der Waals surface area (Å²) in [6.45, 7) is 4.33. The van der Waals surface area contributed by atoms with Crippen LogP contribution in [0, 0.1) is 0 Å². The van der Waals surface area contributed by atoms with E-state index in [1.54, 1.807) is 0 Å². The van der Waals surface area contributed by atoms with Crippen LogP contribution in [0.5, 0.6) is 23.0 Å². The largest absolute Gasteiger partial charge is 0.487 e. The van der Waals surface area contributed by atoms with E-state index in [-0.39, 0.29) is 25.6 Å². The average Bonchev–Trinajstić information content (AvgIpc) is 2.84. The molecule has 8 heteroatoms. The molecule has 3 rings (SSSR count). The van der Waals surface area contributed by atoms with Gasteiger partial charge in [-0.25, -0.2) is 0 Å². The Bertz CT molecular complexity index is 813. The number of ether oxygens (including phenoxy) is 7. The van der Waals surface area contributed by atoms with Crippen molar-refractivity contribution in [2.24, 2.45) is 0 Å². The molecule has 0 unspecified atom stereocenters. The van der Waals surface area contributed by atoms with E-state index < -0.39 is 5.60 Å². The first kappa shape index (κ1) is 24.7. The van der Waals surface area contributed by atoms with Gasteiger partial charge >= 0.3 is 5.97 Å². The number of benzene rings is 2. The maximum absolute atomic E-state index is 11.4. The van der Waals surface area contributed by atoms with Crippen LogP contribution in [0.4, 0.5) is 0 Å². The van der Waals surface area contributed by atoms with Crippen molar-refractivity contribution in [2.45, 2.75) is 25.4 Å². The van der Waals surface area contributed by atoms with Gasteiger partial charge in [-0.05, 0) is 37.6 Å². The summed E-state index contributed by atoms with van der Waals surface area (Å²) in [5.41, 5.74) is -0.795. The summed E-state index contributed by atoms with van der Waals surface area (Å²) in [4.78, 5) is 11.4. The van der Waals surface area contributed by atoms with Crippen molar-refractivity contribution in [1.29, 1.82) is 0 Å². The molecule has 0 atom stereocenters. The Kier molecular flexibility index (Phi) is 9.65. The molecule has 0 spiro atoms. The van der Waals surface area contributed by atoms with E-state index in [0.717, 1.165) is 0 Å². The summed E-state index contributed by atoms with van der Waals surface area (Å²) in [7, 11) is 1.37. The predicted octanol–water partition coefficient (Wildman–Crippen LogP) is 3.66. The van der Waals surface area contributed by atoms with E-state index in [1.165, 1.54) is 7.11 Å². The van der Waals surface area contributed by atoms with Crippen molar-refractivity contribution >= 4 is 5.97 Å². The molecule has 8 nitrogen and oxygen atoms in total. The molecule has 0 fully saturated rings. The highest BCUT2D eigenvalue weighted by Crippen LogP contribution is 2.30. The minimum atomic E-state index is -0.795. The number of carbonyl (C=O) groups is 1. The van der Waals surface area contributed by atoms with Gasteiger partial charge < -0.3 is 33.2 Å². The Labute approximate surface area is 194 Å². The molecule has 2 aromatic rings. The number of hydrogen-bond donors (Lipinski definition) is 0. The van der Waals surface area contributed by atoms with Crippen LogP contribution >= 0.6 is 0 Å². The number of hydrogen-bond acceptors (Lipinski definition) is 8. The third-order valence-electron chi connectivity index (χ3n) is 4.94. The zero-order chi connectivity index (χ0) is 23.4. The second kappa shape index (κ2) is 12.9. The highest BCUT2D eigenvalue weighted by Gasteiger charge is 2.29. The Morgan fingerprint density at radius 3 is 1.79 bits per heavy atom. The predicted molar refractivity (Wildman–Crippen MR) is 121 cm³/mol. The number of methoxy groups -OCH3 is 1. The van der Waals surface area contributed by atoms with E-state index in [2.05, 4.69) is 0 Å². The Hall–Kier alpha value is -2.97. The van der Waals surface area contributed by atoms with E-state index in [0.29, 0.717) is 62.5 Å². The number of rotatable bonds is 5. The molecule has 0 bridgehead atoms. The smallest absolute Gasteiger partial charge is 0.305 e. The van der Waals surface area contributed by atoms with E-state index in [9.17, 15) is 4.79 Å². The van der Waals surface area contributed by atoms with Gasteiger partial charge in [0.05, 0.1) is 20.3 Å². The highest BCUT2D eigenvalue weighted by molar-refractivity contribution is 5.69. The summed E-state index contributed by atoms with van der Waals surface area (Å²) in [5.74, 6) is 2.21. The standard InChI is InChI=1S/C25H32O8/c1-25(33-13-7-12-24(26)27-2)18-31-22-10-5-3-8-20(22)29-16-14-28-15-17-30-21-9-4-6-11-23(21)32-19-25/h3-6,8-11H,7,12-19H2,1-2H3. The lowest BCUT2D eigenvalue weighted by Crippen LogP contribution is -2.42. The summed E-state index contributed by atoms with van der Waals surface area (Å²) in [6.07, 6.45) is 0.811. The third-order valence-corrected chi connectivity index (χ3v) is 4.94. The molecule has 1 aliphatic rings. The molecule has 0 saturated carbocycles. The first-order valence-electron chi connectivity index (χ1n) is 11.1. The van der Waals surface area contributed by atoms with Crippen LogP contribution in [0.3, 0.4) is 0 Å². The van der Waals surface area contributed by atoms with E-state index in [1.807, 2.05) is 55.5 Å². The summed E-state index contributed by atoms with van der Waals surface area (Å²) < 4.78 is 40.3. The van der Waals surface area contributed by atoms with Crippen molar-refractivity contribution in [3.8, 4) is 23.0 Å². The average molecular weight is 461 g/mol. The van der Waals surface area contributed by atoms with Crippen molar-refractivity contribution in [2.75, 3.05) is 53.4 Å². The molecule has 0 N–H and O–H groups in total. The number of esters is 1. The minimum Gasteiger partial charge on any atom is -0.487 e. The minimum absolute atomic E-state index is 0.213. The lowest BCUT2D eigenvalue weighted by Gasteiger charge is -2.30. The van der Waals surface area contributed by atoms with Gasteiger partial charge in [0, 0.05) is 13.0 Å². The van der Waals surface area contributed by atoms with E-state index >= 15 is 0 Å². The molecule has 1 aliphatic heterocycles. The molecule has 180 valence electrons. The maximum atomic E-state index is 11.4. The van der Waals surface area contributed by atoms with Gasteiger partial charge in [-0.15, -0.1) is 0 Å². The Morgan fingerprint density at radius 2 is 1.30 bits per heavy atom. The SMILES string of the molecule is COC(=O)CCCOC1(C)COc2ccccc2OCCOCCOc2ccccc2OC1. The zero-order valence-electron chi connectivity index (χ0n) is 19.2. The molecule has 0 aliphatic carbocycles. The number of fused-ring (bicyclic) bond motifs is 2. The van der Waals surface area contributed by atoms with Gasteiger partial charge in [0.1, 0.15) is 32.0 Å². The molecular formula is C25H32O8. The lowest BCUT2D eigenvalue weighted by atomic mass is 10.1. The first-order valence-corrected chi connectivity index (χ1v) is 11.1. The topological polar surface area (TPSA) is 81.7 Å². The number of para-hydroxylation sites is 4. The molecule has 33 heavy (non-hydrogen) atoms. The van der Waals surface area contributed by atoms with Crippen LogP contribution in [0.25, 0.3) is 0 Å². The van der Waals surface area contributed by atoms with Crippen LogP contribution < -0.4 is 18.9 Å². The fraction of sp³-hybridized carbons (Fsp3) is 0.480. The van der Waals surface area contributed by atoms with Gasteiger partial charge in [0.25, 0.3) is 0 Å². The molecule has 1 heterocycles. The van der Waals surface area contributed by atoms with Crippen LogP contribution in [0.1, 0.15) is 19.8 Å². The second-order valence-corrected chi connectivity index (χ2v) is 7.76. The van der Waals surface area contributed by atoms with Crippen LogP contribution in [0.15, 0.2) is 48.5 Å². The zero-order valence-corrected chi connectivity index (χ0v) is 19.2. The lowest BCUT2D eigenvalue weighted by molar-refractivity contribution is -0.141. The quantitative estimate of drug-likeness (QED) is 0.494.